The number of rotatable bonds is 4. The van der Waals surface area contributed by atoms with E-state index in [1.807, 2.05) is 0 Å². The van der Waals surface area contributed by atoms with Crippen molar-refractivity contribution in [3.8, 4) is 11.5 Å². The molecule has 4 rings (SSSR count). The number of nitrogens with one attached hydrogen (secondary N) is 2. The molecule has 2 aromatic carbocycles. The van der Waals surface area contributed by atoms with E-state index in [0.717, 1.165) is 0 Å². The number of anilines is 2. The van der Waals surface area contributed by atoms with Crippen molar-refractivity contribution in [3.05, 3.63) is 72.2 Å². The zero-order chi connectivity index (χ0) is 17.9. The molecule has 2 N–H and O–H groups in total. The average Bonchev–Trinajstić information content (AvgIpc) is 3.33. The average molecular weight is 350 g/mol. The third-order valence-corrected chi connectivity index (χ3v) is 3.80. The van der Waals surface area contributed by atoms with Gasteiger partial charge < -0.3 is 24.5 Å². The normalized spacial score (nSPS) is 11.8. The van der Waals surface area contributed by atoms with E-state index in [9.17, 15) is 9.59 Å². The molecule has 0 saturated carbocycles. The fourth-order valence-corrected chi connectivity index (χ4v) is 2.51. The lowest BCUT2D eigenvalue weighted by Crippen LogP contribution is -2.13. The Balaban J connectivity index is 1.46. The maximum absolute atomic E-state index is 12.4. The number of ether oxygens (including phenoxy) is 2. The maximum Gasteiger partial charge on any atom is 0.258 e. The first-order valence-electron chi connectivity index (χ1n) is 7.84. The van der Waals surface area contributed by atoms with Crippen LogP contribution in [-0.2, 0) is 0 Å². The molecule has 0 saturated heterocycles. The zero-order valence-electron chi connectivity index (χ0n) is 13.5. The summed E-state index contributed by atoms with van der Waals surface area (Å²) < 4.78 is 15.4. The zero-order valence-corrected chi connectivity index (χ0v) is 13.5. The van der Waals surface area contributed by atoms with Crippen molar-refractivity contribution in [3.63, 3.8) is 0 Å². The highest BCUT2D eigenvalue weighted by Gasteiger charge is 2.16. The topological polar surface area (TPSA) is 89.8 Å². The van der Waals surface area contributed by atoms with E-state index in [2.05, 4.69) is 10.6 Å². The van der Waals surface area contributed by atoms with Gasteiger partial charge in [0.25, 0.3) is 11.8 Å². The van der Waals surface area contributed by atoms with Crippen LogP contribution in [0.5, 0.6) is 11.5 Å². The highest BCUT2D eigenvalue weighted by atomic mass is 16.7. The summed E-state index contributed by atoms with van der Waals surface area (Å²) in [5.41, 5.74) is 1.97. The Hall–Kier alpha value is -3.74. The standard InChI is InChI=1S/C19H14N2O5/c22-18(12-4-5-16-17(8-12)26-11-25-16)20-14-2-1-3-15(9-14)21-19(23)13-6-7-24-10-13/h1-10H,11H2,(H,20,22)(H,21,23). The van der Waals surface area contributed by atoms with E-state index in [1.54, 1.807) is 48.5 Å². The monoisotopic (exact) mass is 350 g/mol. The molecule has 7 heteroatoms. The van der Waals surface area contributed by atoms with E-state index in [-0.39, 0.29) is 18.6 Å². The summed E-state index contributed by atoms with van der Waals surface area (Å²) in [6.45, 7) is 0.152. The van der Waals surface area contributed by atoms with Gasteiger partial charge in [-0.05, 0) is 42.5 Å². The molecule has 26 heavy (non-hydrogen) atoms. The first-order chi connectivity index (χ1) is 12.7. The van der Waals surface area contributed by atoms with E-state index < -0.39 is 0 Å². The molecule has 2 heterocycles. The highest BCUT2D eigenvalue weighted by molar-refractivity contribution is 6.06. The molecular weight excluding hydrogens is 336 g/mol. The number of furan rings is 1. The van der Waals surface area contributed by atoms with Crippen molar-refractivity contribution in [1.82, 2.24) is 0 Å². The van der Waals surface area contributed by atoms with Gasteiger partial charge >= 0.3 is 0 Å². The van der Waals surface area contributed by atoms with Gasteiger partial charge in [0.1, 0.15) is 6.26 Å². The summed E-state index contributed by atoms with van der Waals surface area (Å²) in [6.07, 6.45) is 2.79. The number of fused-ring (bicyclic) bond motifs is 1. The molecule has 1 aromatic heterocycles. The second-order valence-corrected chi connectivity index (χ2v) is 5.57. The van der Waals surface area contributed by atoms with Gasteiger partial charge in [-0.3, -0.25) is 9.59 Å². The van der Waals surface area contributed by atoms with E-state index in [1.165, 1.54) is 12.5 Å². The van der Waals surface area contributed by atoms with Crippen LogP contribution in [0.1, 0.15) is 20.7 Å². The van der Waals surface area contributed by atoms with Gasteiger partial charge in [-0.25, -0.2) is 0 Å². The van der Waals surface area contributed by atoms with Crippen LogP contribution in [0.15, 0.2) is 65.5 Å². The number of hydrogen-bond donors (Lipinski definition) is 2. The summed E-state index contributed by atoms with van der Waals surface area (Å²) in [7, 11) is 0. The van der Waals surface area contributed by atoms with Gasteiger partial charge in [0.05, 0.1) is 11.8 Å². The van der Waals surface area contributed by atoms with Crippen molar-refractivity contribution >= 4 is 23.2 Å². The summed E-state index contributed by atoms with van der Waals surface area (Å²) >= 11 is 0. The molecule has 0 unspecified atom stereocenters. The second-order valence-electron chi connectivity index (χ2n) is 5.57. The van der Waals surface area contributed by atoms with Crippen molar-refractivity contribution < 1.29 is 23.5 Å². The number of carbonyl (C=O) groups excluding carboxylic acids is 2. The van der Waals surface area contributed by atoms with Crippen LogP contribution in [0.2, 0.25) is 0 Å². The van der Waals surface area contributed by atoms with Gasteiger partial charge in [-0.2, -0.15) is 0 Å². The number of amides is 2. The Morgan fingerprint density at radius 2 is 1.54 bits per heavy atom. The second kappa shape index (κ2) is 6.64. The summed E-state index contributed by atoms with van der Waals surface area (Å²) in [5, 5.41) is 5.54. The molecular formula is C19H14N2O5. The fourth-order valence-electron chi connectivity index (χ4n) is 2.51. The first-order valence-corrected chi connectivity index (χ1v) is 7.84. The number of hydrogen-bond acceptors (Lipinski definition) is 5. The van der Waals surface area contributed by atoms with Gasteiger partial charge in [0.2, 0.25) is 6.79 Å². The van der Waals surface area contributed by atoms with Crippen LogP contribution in [0.25, 0.3) is 0 Å². The third kappa shape index (κ3) is 3.23. The lowest BCUT2D eigenvalue weighted by molar-refractivity contribution is 0.101. The SMILES string of the molecule is O=C(Nc1cccc(NC(=O)c2ccc3c(c2)OCO3)c1)c1ccoc1. The Labute approximate surface area is 148 Å². The molecule has 0 radical (unpaired) electrons. The molecule has 0 fully saturated rings. The van der Waals surface area contributed by atoms with Crippen molar-refractivity contribution in [2.45, 2.75) is 0 Å². The predicted octanol–water partition coefficient (Wildman–Crippen LogP) is 3.51. The summed E-state index contributed by atoms with van der Waals surface area (Å²) in [4.78, 5) is 24.5. The van der Waals surface area contributed by atoms with Crippen LogP contribution in [-0.4, -0.2) is 18.6 Å². The Morgan fingerprint density at radius 1 is 0.808 bits per heavy atom. The predicted molar refractivity (Wildman–Crippen MR) is 93.6 cm³/mol. The summed E-state index contributed by atoms with van der Waals surface area (Å²) in [6, 6.07) is 13.4. The first kappa shape index (κ1) is 15.8. The van der Waals surface area contributed by atoms with Crippen molar-refractivity contribution in [2.75, 3.05) is 17.4 Å². The van der Waals surface area contributed by atoms with Gasteiger partial charge in [-0.1, -0.05) is 6.07 Å². The van der Waals surface area contributed by atoms with Crippen LogP contribution in [0, 0.1) is 0 Å². The van der Waals surface area contributed by atoms with Crippen molar-refractivity contribution in [2.24, 2.45) is 0 Å². The van der Waals surface area contributed by atoms with Crippen LogP contribution in [0.3, 0.4) is 0 Å². The third-order valence-electron chi connectivity index (χ3n) is 3.80. The molecule has 0 aliphatic carbocycles. The molecule has 2 amide bonds. The molecule has 1 aliphatic heterocycles. The smallest absolute Gasteiger partial charge is 0.258 e. The minimum atomic E-state index is -0.294. The Bertz CT molecular complexity index is 966. The minimum Gasteiger partial charge on any atom is -0.472 e. The minimum absolute atomic E-state index is 0.152. The molecule has 1 aliphatic rings. The highest BCUT2D eigenvalue weighted by Crippen LogP contribution is 2.32. The van der Waals surface area contributed by atoms with Crippen molar-refractivity contribution in [1.29, 1.82) is 0 Å². The van der Waals surface area contributed by atoms with Crippen LogP contribution in [0.4, 0.5) is 11.4 Å². The van der Waals surface area contributed by atoms with Crippen LogP contribution < -0.4 is 20.1 Å². The molecule has 3 aromatic rings. The maximum atomic E-state index is 12.4. The van der Waals surface area contributed by atoms with Gasteiger partial charge in [0, 0.05) is 16.9 Å². The van der Waals surface area contributed by atoms with E-state index >= 15 is 0 Å². The van der Waals surface area contributed by atoms with E-state index in [0.29, 0.717) is 34.0 Å². The molecule has 0 bridgehead atoms. The van der Waals surface area contributed by atoms with E-state index in [4.69, 9.17) is 13.9 Å². The number of carbonyl (C=O) groups is 2. The van der Waals surface area contributed by atoms with Crippen LogP contribution >= 0.6 is 0 Å². The quantitative estimate of drug-likeness (QED) is 0.751. The molecule has 0 spiro atoms. The lowest BCUT2D eigenvalue weighted by atomic mass is 10.2. The van der Waals surface area contributed by atoms with Gasteiger partial charge in [-0.15, -0.1) is 0 Å². The largest absolute Gasteiger partial charge is 0.472 e. The van der Waals surface area contributed by atoms with Gasteiger partial charge in [0.15, 0.2) is 11.5 Å². The Kier molecular flexibility index (Phi) is 4.03. The molecule has 7 nitrogen and oxygen atoms in total. The number of benzene rings is 2. The molecule has 0 atom stereocenters. The molecule has 130 valence electrons. The lowest BCUT2D eigenvalue weighted by Gasteiger charge is -2.09. The fraction of sp³-hybridized carbons (Fsp3) is 0.0526. The summed E-state index contributed by atoms with van der Waals surface area (Å²) in [5.74, 6) is 0.573. The Morgan fingerprint density at radius 3 is 2.27 bits per heavy atom.